The molecule has 1 N–H and O–H groups in total. The number of piperazine rings is 1. The number of hydrogen-bond acceptors (Lipinski definition) is 4. The van der Waals surface area contributed by atoms with Gasteiger partial charge in [-0.25, -0.2) is 0 Å². The molecule has 0 saturated carbocycles. The van der Waals surface area contributed by atoms with Crippen molar-refractivity contribution in [3.05, 3.63) is 21.7 Å². The summed E-state index contributed by atoms with van der Waals surface area (Å²) >= 11 is 3.71. The van der Waals surface area contributed by atoms with Crippen LogP contribution in [0, 0.1) is 6.92 Å². The molecule has 2 aliphatic heterocycles. The van der Waals surface area contributed by atoms with E-state index in [1.54, 1.807) is 0 Å². The lowest BCUT2D eigenvalue weighted by atomic mass is 10.1. The van der Waals surface area contributed by atoms with Crippen LogP contribution in [0.4, 0.5) is 0 Å². The van der Waals surface area contributed by atoms with Crippen LogP contribution in [0.25, 0.3) is 0 Å². The van der Waals surface area contributed by atoms with Crippen LogP contribution in [0.15, 0.2) is 10.5 Å². The first-order chi connectivity index (χ1) is 9.25. The van der Waals surface area contributed by atoms with Gasteiger partial charge in [0, 0.05) is 42.8 Å². The van der Waals surface area contributed by atoms with Crippen molar-refractivity contribution in [1.82, 2.24) is 10.2 Å². The van der Waals surface area contributed by atoms with Crippen molar-refractivity contribution in [3.63, 3.8) is 0 Å². The minimum Gasteiger partial charge on any atom is -0.486 e. The van der Waals surface area contributed by atoms with Crippen LogP contribution in [0.1, 0.15) is 11.1 Å². The van der Waals surface area contributed by atoms with Crippen LogP contribution in [0.2, 0.25) is 0 Å². The van der Waals surface area contributed by atoms with Crippen LogP contribution in [0.3, 0.4) is 0 Å². The molecule has 1 aromatic carbocycles. The van der Waals surface area contributed by atoms with E-state index < -0.39 is 0 Å². The number of halogens is 1. The molecule has 5 heteroatoms. The summed E-state index contributed by atoms with van der Waals surface area (Å²) in [4.78, 5) is 2.46. The minimum absolute atomic E-state index is 0.636. The molecule has 104 valence electrons. The Labute approximate surface area is 122 Å². The monoisotopic (exact) mass is 326 g/mol. The zero-order valence-electron chi connectivity index (χ0n) is 11.2. The number of nitrogens with zero attached hydrogens (tertiary/aromatic N) is 1. The molecule has 0 radical (unpaired) electrons. The van der Waals surface area contributed by atoms with E-state index in [0.29, 0.717) is 13.2 Å². The van der Waals surface area contributed by atoms with Gasteiger partial charge in [0.05, 0.1) is 0 Å². The maximum Gasteiger partial charge on any atom is 0.165 e. The number of benzene rings is 1. The first kappa shape index (κ1) is 13.2. The van der Waals surface area contributed by atoms with Crippen molar-refractivity contribution in [2.75, 3.05) is 39.4 Å². The summed E-state index contributed by atoms with van der Waals surface area (Å²) in [5.74, 6) is 1.78. The molecule has 0 atom stereocenters. The van der Waals surface area contributed by atoms with Gasteiger partial charge in [-0.2, -0.15) is 0 Å². The van der Waals surface area contributed by atoms with Gasteiger partial charge in [0.2, 0.25) is 0 Å². The predicted octanol–water partition coefficient (Wildman–Crippen LogP) is 1.93. The molecule has 19 heavy (non-hydrogen) atoms. The largest absolute Gasteiger partial charge is 0.486 e. The van der Waals surface area contributed by atoms with Gasteiger partial charge in [0.15, 0.2) is 11.5 Å². The van der Waals surface area contributed by atoms with Crippen LogP contribution >= 0.6 is 15.9 Å². The molecule has 0 aliphatic carbocycles. The molecule has 4 nitrogen and oxygen atoms in total. The molecule has 0 bridgehead atoms. The Kier molecular flexibility index (Phi) is 3.96. The van der Waals surface area contributed by atoms with E-state index in [1.807, 2.05) is 0 Å². The van der Waals surface area contributed by atoms with Gasteiger partial charge in [-0.3, -0.25) is 4.90 Å². The Bertz CT molecular complexity index is 473. The molecule has 2 heterocycles. The smallest absolute Gasteiger partial charge is 0.165 e. The molecule has 2 aliphatic rings. The summed E-state index contributed by atoms with van der Waals surface area (Å²) in [5.41, 5.74) is 2.42. The summed E-state index contributed by atoms with van der Waals surface area (Å²) in [6.07, 6.45) is 0. The number of hydrogen-bond donors (Lipinski definition) is 1. The van der Waals surface area contributed by atoms with Gasteiger partial charge in [0.25, 0.3) is 0 Å². The molecule has 1 saturated heterocycles. The van der Waals surface area contributed by atoms with Crippen LogP contribution in [-0.2, 0) is 6.54 Å². The van der Waals surface area contributed by atoms with Gasteiger partial charge in [-0.15, -0.1) is 0 Å². The summed E-state index contributed by atoms with van der Waals surface area (Å²) in [6, 6.07) is 2.12. The number of ether oxygens (including phenoxy) is 2. The second-order valence-corrected chi connectivity index (χ2v) is 5.82. The molecule has 0 unspecified atom stereocenters. The highest BCUT2D eigenvalue weighted by Crippen LogP contribution is 2.40. The third-order valence-electron chi connectivity index (χ3n) is 3.67. The van der Waals surface area contributed by atoms with Crippen molar-refractivity contribution in [2.45, 2.75) is 13.5 Å². The van der Waals surface area contributed by atoms with Gasteiger partial charge >= 0.3 is 0 Å². The van der Waals surface area contributed by atoms with Crippen molar-refractivity contribution >= 4 is 15.9 Å². The highest BCUT2D eigenvalue weighted by atomic mass is 79.9. The maximum atomic E-state index is 5.71. The molecule has 0 aromatic heterocycles. The Morgan fingerprint density at radius 2 is 2.00 bits per heavy atom. The highest BCUT2D eigenvalue weighted by Gasteiger charge is 2.20. The van der Waals surface area contributed by atoms with Crippen molar-refractivity contribution in [2.24, 2.45) is 0 Å². The fraction of sp³-hybridized carbons (Fsp3) is 0.571. The van der Waals surface area contributed by atoms with E-state index in [4.69, 9.17) is 9.47 Å². The third kappa shape index (κ3) is 2.73. The molecule has 3 rings (SSSR count). The second kappa shape index (κ2) is 5.69. The van der Waals surface area contributed by atoms with Crippen LogP contribution < -0.4 is 14.8 Å². The molecule has 0 spiro atoms. The number of fused-ring (bicyclic) bond motifs is 1. The normalized spacial score (nSPS) is 19.5. The average Bonchev–Trinajstić information content (AvgIpc) is 2.46. The lowest BCUT2D eigenvalue weighted by molar-refractivity contribution is 0.169. The van der Waals surface area contributed by atoms with E-state index in [2.05, 4.69) is 39.1 Å². The SMILES string of the molecule is Cc1c(Br)c(CN2CCNCC2)cc2c1OCCO2. The van der Waals surface area contributed by atoms with Crippen molar-refractivity contribution in [3.8, 4) is 11.5 Å². The number of rotatable bonds is 2. The molecule has 0 amide bonds. The molecular weight excluding hydrogens is 308 g/mol. The standard InChI is InChI=1S/C14H19BrN2O2/c1-10-13(15)11(9-17-4-2-16-3-5-17)8-12-14(10)19-7-6-18-12/h8,16H,2-7,9H2,1H3. The Balaban J connectivity index is 1.86. The number of nitrogens with one attached hydrogen (secondary N) is 1. The first-order valence-corrected chi connectivity index (χ1v) is 7.55. The van der Waals surface area contributed by atoms with E-state index in [-0.39, 0.29) is 0 Å². The average molecular weight is 327 g/mol. The van der Waals surface area contributed by atoms with Gasteiger partial charge in [0.1, 0.15) is 13.2 Å². The van der Waals surface area contributed by atoms with Gasteiger partial charge in [-0.05, 0) is 18.6 Å². The van der Waals surface area contributed by atoms with Crippen LogP contribution in [-0.4, -0.2) is 44.3 Å². The summed E-state index contributed by atoms with van der Waals surface area (Å²) in [6.45, 7) is 8.65. The molecule has 1 aromatic rings. The first-order valence-electron chi connectivity index (χ1n) is 6.76. The predicted molar refractivity (Wildman–Crippen MR) is 78.0 cm³/mol. The Morgan fingerprint density at radius 3 is 2.79 bits per heavy atom. The van der Waals surface area contributed by atoms with Gasteiger partial charge < -0.3 is 14.8 Å². The minimum atomic E-state index is 0.636. The zero-order valence-corrected chi connectivity index (χ0v) is 12.8. The van der Waals surface area contributed by atoms with E-state index in [0.717, 1.165) is 54.3 Å². The summed E-state index contributed by atoms with van der Waals surface area (Å²) in [5, 5.41) is 3.38. The van der Waals surface area contributed by atoms with E-state index in [1.165, 1.54) is 5.56 Å². The fourth-order valence-electron chi connectivity index (χ4n) is 2.62. The summed E-state index contributed by atoms with van der Waals surface area (Å²) in [7, 11) is 0. The maximum absolute atomic E-state index is 5.71. The molecule has 1 fully saturated rings. The quantitative estimate of drug-likeness (QED) is 0.900. The Morgan fingerprint density at radius 1 is 1.26 bits per heavy atom. The topological polar surface area (TPSA) is 33.7 Å². The summed E-state index contributed by atoms with van der Waals surface area (Å²) < 4.78 is 12.6. The van der Waals surface area contributed by atoms with Crippen molar-refractivity contribution < 1.29 is 9.47 Å². The Hall–Kier alpha value is -0.780. The van der Waals surface area contributed by atoms with E-state index in [9.17, 15) is 0 Å². The van der Waals surface area contributed by atoms with Gasteiger partial charge in [-0.1, -0.05) is 15.9 Å². The van der Waals surface area contributed by atoms with Crippen molar-refractivity contribution in [1.29, 1.82) is 0 Å². The lowest BCUT2D eigenvalue weighted by Gasteiger charge is -2.29. The fourth-order valence-corrected chi connectivity index (χ4v) is 3.04. The third-order valence-corrected chi connectivity index (χ3v) is 4.78. The molecular formula is C14H19BrN2O2. The second-order valence-electron chi connectivity index (χ2n) is 5.03. The zero-order chi connectivity index (χ0) is 13.2. The lowest BCUT2D eigenvalue weighted by Crippen LogP contribution is -2.42. The van der Waals surface area contributed by atoms with Crippen LogP contribution in [0.5, 0.6) is 11.5 Å². The highest BCUT2D eigenvalue weighted by molar-refractivity contribution is 9.10. The van der Waals surface area contributed by atoms with E-state index >= 15 is 0 Å².